The lowest BCUT2D eigenvalue weighted by molar-refractivity contribution is -0.122. The third-order valence-corrected chi connectivity index (χ3v) is 2.29. The first-order valence-corrected chi connectivity index (χ1v) is 4.72. The quantitative estimate of drug-likeness (QED) is 0.588. The van der Waals surface area contributed by atoms with Crippen LogP contribution in [0.2, 0.25) is 0 Å². The largest absolute Gasteiger partial charge is 0.349 e. The molecule has 1 aromatic heterocycles. The molecule has 1 atom stereocenters. The summed E-state index contributed by atoms with van der Waals surface area (Å²) in [6.07, 6.45) is 3.59. The van der Waals surface area contributed by atoms with Gasteiger partial charge in [0, 0.05) is 0 Å². The first-order valence-electron chi connectivity index (χ1n) is 4.72. The Bertz CT molecular complexity index is 291. The summed E-state index contributed by atoms with van der Waals surface area (Å²) in [5, 5.41) is 15.9. The Morgan fingerprint density at radius 1 is 1.71 bits per heavy atom. The average Bonchev–Trinajstić information content (AvgIpc) is 2.87. The molecule has 1 amide bonds. The van der Waals surface area contributed by atoms with E-state index in [1.165, 1.54) is 0 Å². The molecule has 14 heavy (non-hydrogen) atoms. The smallest absolute Gasteiger partial charge is 0.237 e. The van der Waals surface area contributed by atoms with Gasteiger partial charge in [-0.3, -0.25) is 4.79 Å². The van der Waals surface area contributed by atoms with E-state index in [1.807, 2.05) is 0 Å². The molecule has 3 N–H and O–H groups in total. The molecule has 0 aromatic carbocycles. The molecule has 0 bridgehead atoms. The molecule has 1 saturated heterocycles. The Hall–Kier alpha value is -1.43. The van der Waals surface area contributed by atoms with Crippen LogP contribution >= 0.6 is 0 Å². The Kier molecular flexibility index (Phi) is 2.73. The highest BCUT2D eigenvalue weighted by Crippen LogP contribution is 2.04. The maximum atomic E-state index is 11.5. The van der Waals surface area contributed by atoms with E-state index in [9.17, 15) is 4.79 Å². The SMILES string of the molecule is O=C(NCc1cn[nH]n1)C1CCCN1. The molecule has 1 unspecified atom stereocenters. The molecule has 1 fully saturated rings. The van der Waals surface area contributed by atoms with E-state index in [1.54, 1.807) is 6.20 Å². The third kappa shape index (κ3) is 2.08. The van der Waals surface area contributed by atoms with Gasteiger partial charge in [-0.1, -0.05) is 0 Å². The van der Waals surface area contributed by atoms with Gasteiger partial charge in [-0.15, -0.1) is 0 Å². The Morgan fingerprint density at radius 3 is 3.29 bits per heavy atom. The first kappa shape index (κ1) is 9.14. The van der Waals surface area contributed by atoms with Crippen molar-refractivity contribution < 1.29 is 4.79 Å². The van der Waals surface area contributed by atoms with Gasteiger partial charge >= 0.3 is 0 Å². The molecule has 6 heteroatoms. The van der Waals surface area contributed by atoms with Crippen molar-refractivity contribution in [2.75, 3.05) is 6.54 Å². The number of carbonyl (C=O) groups excluding carboxylic acids is 1. The summed E-state index contributed by atoms with van der Waals surface area (Å²) in [5.74, 6) is 0.0468. The van der Waals surface area contributed by atoms with Crippen molar-refractivity contribution in [1.29, 1.82) is 0 Å². The number of aromatic nitrogens is 3. The number of rotatable bonds is 3. The van der Waals surface area contributed by atoms with E-state index < -0.39 is 0 Å². The lowest BCUT2D eigenvalue weighted by Crippen LogP contribution is -2.40. The van der Waals surface area contributed by atoms with E-state index in [4.69, 9.17) is 0 Å². The van der Waals surface area contributed by atoms with Crippen molar-refractivity contribution in [3.05, 3.63) is 11.9 Å². The van der Waals surface area contributed by atoms with Crippen LogP contribution in [0.3, 0.4) is 0 Å². The van der Waals surface area contributed by atoms with Gasteiger partial charge in [0.05, 0.1) is 18.8 Å². The van der Waals surface area contributed by atoms with Gasteiger partial charge in [0.1, 0.15) is 5.69 Å². The molecule has 1 aliphatic rings. The number of nitrogens with one attached hydrogen (secondary N) is 3. The predicted molar refractivity (Wildman–Crippen MR) is 49.3 cm³/mol. The topological polar surface area (TPSA) is 82.7 Å². The average molecular weight is 195 g/mol. The molecular formula is C8H13N5O. The van der Waals surface area contributed by atoms with Crippen LogP contribution in [0.15, 0.2) is 6.20 Å². The Labute approximate surface area is 81.5 Å². The maximum Gasteiger partial charge on any atom is 0.237 e. The third-order valence-electron chi connectivity index (χ3n) is 2.29. The molecule has 0 saturated carbocycles. The normalized spacial score (nSPS) is 21.0. The van der Waals surface area contributed by atoms with Crippen molar-refractivity contribution in [3.63, 3.8) is 0 Å². The minimum absolute atomic E-state index is 0.0260. The number of nitrogens with zero attached hydrogens (tertiary/aromatic N) is 2. The van der Waals surface area contributed by atoms with Crippen LogP contribution in [0.1, 0.15) is 18.5 Å². The summed E-state index contributed by atoms with van der Waals surface area (Å²) >= 11 is 0. The van der Waals surface area contributed by atoms with E-state index in [2.05, 4.69) is 26.0 Å². The standard InChI is InChI=1S/C8H13N5O/c14-8(7-2-1-3-9-7)10-4-6-5-11-13-12-6/h5,7,9H,1-4H2,(H,10,14)(H,11,12,13). The fourth-order valence-corrected chi connectivity index (χ4v) is 1.52. The molecule has 2 rings (SSSR count). The highest BCUT2D eigenvalue weighted by molar-refractivity contribution is 5.81. The van der Waals surface area contributed by atoms with Crippen LogP contribution in [0.4, 0.5) is 0 Å². The molecule has 76 valence electrons. The fraction of sp³-hybridized carbons (Fsp3) is 0.625. The fourth-order valence-electron chi connectivity index (χ4n) is 1.52. The number of amides is 1. The van der Waals surface area contributed by atoms with E-state index in [0.29, 0.717) is 6.54 Å². The van der Waals surface area contributed by atoms with Gasteiger partial charge in [-0.2, -0.15) is 15.4 Å². The zero-order chi connectivity index (χ0) is 9.80. The molecular weight excluding hydrogens is 182 g/mol. The number of hydrogen-bond acceptors (Lipinski definition) is 4. The molecule has 2 heterocycles. The molecule has 0 spiro atoms. The second-order valence-corrected chi connectivity index (χ2v) is 3.33. The van der Waals surface area contributed by atoms with Gasteiger partial charge in [-0.25, -0.2) is 0 Å². The van der Waals surface area contributed by atoms with Crippen LogP contribution in [0.25, 0.3) is 0 Å². The van der Waals surface area contributed by atoms with Gasteiger partial charge < -0.3 is 10.6 Å². The Balaban J connectivity index is 1.77. The second kappa shape index (κ2) is 4.19. The summed E-state index contributed by atoms with van der Waals surface area (Å²) in [5.41, 5.74) is 0.747. The van der Waals surface area contributed by atoms with Gasteiger partial charge in [0.2, 0.25) is 5.91 Å². The zero-order valence-corrected chi connectivity index (χ0v) is 7.79. The molecule has 6 nitrogen and oxygen atoms in total. The first-order chi connectivity index (χ1) is 6.86. The highest BCUT2D eigenvalue weighted by Gasteiger charge is 2.21. The monoisotopic (exact) mass is 195 g/mol. The van der Waals surface area contributed by atoms with E-state index >= 15 is 0 Å². The van der Waals surface area contributed by atoms with Crippen LogP contribution in [0, 0.1) is 0 Å². The number of carbonyl (C=O) groups is 1. The molecule has 0 aliphatic carbocycles. The summed E-state index contributed by atoms with van der Waals surface area (Å²) < 4.78 is 0. The second-order valence-electron chi connectivity index (χ2n) is 3.33. The van der Waals surface area contributed by atoms with Crippen molar-refractivity contribution in [1.82, 2.24) is 26.0 Å². The summed E-state index contributed by atoms with van der Waals surface area (Å²) in [7, 11) is 0. The van der Waals surface area contributed by atoms with Crippen LogP contribution < -0.4 is 10.6 Å². The highest BCUT2D eigenvalue weighted by atomic mass is 16.2. The van der Waals surface area contributed by atoms with Gasteiger partial charge in [0.25, 0.3) is 0 Å². The molecule has 1 aromatic rings. The van der Waals surface area contributed by atoms with Crippen LogP contribution in [-0.4, -0.2) is 33.9 Å². The zero-order valence-electron chi connectivity index (χ0n) is 7.79. The van der Waals surface area contributed by atoms with Crippen molar-refractivity contribution in [2.24, 2.45) is 0 Å². The van der Waals surface area contributed by atoms with Crippen LogP contribution in [-0.2, 0) is 11.3 Å². The lowest BCUT2D eigenvalue weighted by Gasteiger charge is -2.09. The summed E-state index contributed by atoms with van der Waals surface area (Å²) in [6, 6.07) is -0.0260. The maximum absolute atomic E-state index is 11.5. The predicted octanol–water partition coefficient (Wildman–Crippen LogP) is -0.827. The lowest BCUT2D eigenvalue weighted by atomic mass is 10.2. The van der Waals surface area contributed by atoms with Gasteiger partial charge in [-0.05, 0) is 19.4 Å². The van der Waals surface area contributed by atoms with Gasteiger partial charge in [0.15, 0.2) is 0 Å². The van der Waals surface area contributed by atoms with Crippen molar-refractivity contribution in [2.45, 2.75) is 25.4 Å². The Morgan fingerprint density at radius 2 is 2.64 bits per heavy atom. The minimum Gasteiger partial charge on any atom is -0.349 e. The number of hydrogen-bond donors (Lipinski definition) is 3. The summed E-state index contributed by atoms with van der Waals surface area (Å²) in [6.45, 7) is 1.37. The molecule has 0 radical (unpaired) electrons. The molecule has 1 aliphatic heterocycles. The number of H-pyrrole nitrogens is 1. The van der Waals surface area contributed by atoms with Crippen LogP contribution in [0.5, 0.6) is 0 Å². The van der Waals surface area contributed by atoms with E-state index in [-0.39, 0.29) is 11.9 Å². The number of aromatic amines is 1. The van der Waals surface area contributed by atoms with Crippen molar-refractivity contribution >= 4 is 5.91 Å². The summed E-state index contributed by atoms with van der Waals surface area (Å²) in [4.78, 5) is 11.5. The van der Waals surface area contributed by atoms with Crippen molar-refractivity contribution in [3.8, 4) is 0 Å². The minimum atomic E-state index is -0.0260. The van der Waals surface area contributed by atoms with E-state index in [0.717, 1.165) is 25.1 Å².